The quantitative estimate of drug-likeness (QED) is 0.426. The number of hydroxylamine groups is 2. The van der Waals surface area contributed by atoms with Gasteiger partial charge in [-0.3, -0.25) is 14.5 Å². The molecule has 1 aromatic carbocycles. The van der Waals surface area contributed by atoms with Crippen LogP contribution in [0, 0.1) is 11.0 Å². The minimum absolute atomic E-state index is 0.00925. The Morgan fingerprint density at radius 1 is 1.21 bits per heavy atom. The third kappa shape index (κ3) is 5.49. The standard InChI is InChI=1S/C22H23FN3O6S/c23-17-12-15(3-4-18(17)24-7-9-31-10-8-24)25-13-16(32-22(25)29)14-26(30)21(28)6-5-19(27)20-2-1-11-33-20/h1-4,11-12,16H,5-10,13-14H2/q-1/t16-/m1/s1. The van der Waals surface area contributed by atoms with Crippen LogP contribution in [0.3, 0.4) is 0 Å². The first-order chi connectivity index (χ1) is 15.9. The fourth-order valence-electron chi connectivity index (χ4n) is 3.74. The second-order valence-electron chi connectivity index (χ2n) is 7.71. The van der Waals surface area contributed by atoms with Crippen LogP contribution >= 0.6 is 11.3 Å². The molecule has 2 amide bonds. The summed E-state index contributed by atoms with van der Waals surface area (Å²) in [7, 11) is 0. The van der Waals surface area contributed by atoms with Crippen LogP contribution in [0.2, 0.25) is 0 Å². The number of carbonyl (C=O) groups excluding carboxylic acids is 3. The van der Waals surface area contributed by atoms with Crippen molar-refractivity contribution < 1.29 is 28.2 Å². The van der Waals surface area contributed by atoms with Gasteiger partial charge in [-0.2, -0.15) is 0 Å². The Balaban J connectivity index is 1.31. The lowest BCUT2D eigenvalue weighted by atomic mass is 10.2. The van der Waals surface area contributed by atoms with Crippen molar-refractivity contribution in [3.63, 3.8) is 0 Å². The second kappa shape index (κ2) is 10.3. The molecule has 33 heavy (non-hydrogen) atoms. The third-order valence-corrected chi connectivity index (χ3v) is 6.39. The largest absolute Gasteiger partial charge is 0.756 e. The Kier molecular flexibility index (Phi) is 7.21. The molecule has 0 saturated carbocycles. The smallest absolute Gasteiger partial charge is 0.414 e. The minimum atomic E-state index is -0.853. The summed E-state index contributed by atoms with van der Waals surface area (Å²) in [4.78, 5) is 40.0. The van der Waals surface area contributed by atoms with Gasteiger partial charge in [0.2, 0.25) is 5.91 Å². The lowest BCUT2D eigenvalue weighted by Gasteiger charge is -2.30. The average molecular weight is 477 g/mol. The zero-order valence-electron chi connectivity index (χ0n) is 17.8. The monoisotopic (exact) mass is 476 g/mol. The van der Waals surface area contributed by atoms with Crippen LogP contribution in [0.1, 0.15) is 22.5 Å². The van der Waals surface area contributed by atoms with E-state index in [0.717, 1.165) is 0 Å². The number of hydrogen-bond donors (Lipinski definition) is 0. The summed E-state index contributed by atoms with van der Waals surface area (Å²) in [5.41, 5.74) is 0.738. The highest BCUT2D eigenvalue weighted by Gasteiger charge is 2.33. The van der Waals surface area contributed by atoms with E-state index in [2.05, 4.69) is 0 Å². The van der Waals surface area contributed by atoms with E-state index >= 15 is 0 Å². The fourth-order valence-corrected chi connectivity index (χ4v) is 4.44. The van der Waals surface area contributed by atoms with E-state index in [1.807, 2.05) is 4.90 Å². The van der Waals surface area contributed by atoms with Gasteiger partial charge in [0.25, 0.3) is 0 Å². The molecular formula is C22H23FN3O6S-. The second-order valence-corrected chi connectivity index (χ2v) is 8.65. The van der Waals surface area contributed by atoms with E-state index in [1.54, 1.807) is 29.6 Å². The number of hydrogen-bond acceptors (Lipinski definition) is 8. The Morgan fingerprint density at radius 3 is 2.70 bits per heavy atom. The average Bonchev–Trinajstić information content (AvgIpc) is 3.48. The number of rotatable bonds is 8. The van der Waals surface area contributed by atoms with Gasteiger partial charge in [0.05, 0.1) is 36.0 Å². The molecule has 0 unspecified atom stereocenters. The molecular weight excluding hydrogens is 453 g/mol. The number of nitrogens with zero attached hydrogens (tertiary/aromatic N) is 3. The number of amides is 2. The molecule has 2 saturated heterocycles. The highest BCUT2D eigenvalue weighted by atomic mass is 32.1. The molecule has 0 N–H and O–H groups in total. The van der Waals surface area contributed by atoms with Crippen LogP contribution < -0.4 is 9.80 Å². The van der Waals surface area contributed by atoms with Gasteiger partial charge < -0.3 is 24.6 Å². The minimum Gasteiger partial charge on any atom is -0.756 e. The van der Waals surface area contributed by atoms with E-state index in [4.69, 9.17) is 9.47 Å². The van der Waals surface area contributed by atoms with Crippen molar-refractivity contribution in [2.24, 2.45) is 0 Å². The molecule has 3 heterocycles. The predicted molar refractivity (Wildman–Crippen MR) is 120 cm³/mol. The van der Waals surface area contributed by atoms with Crippen LogP contribution in [0.25, 0.3) is 0 Å². The predicted octanol–water partition coefficient (Wildman–Crippen LogP) is 3.04. The maximum atomic E-state index is 14.7. The molecule has 11 heteroatoms. The van der Waals surface area contributed by atoms with Crippen molar-refractivity contribution in [1.29, 1.82) is 0 Å². The maximum Gasteiger partial charge on any atom is 0.414 e. The summed E-state index contributed by atoms with van der Waals surface area (Å²) < 4.78 is 25.2. The van der Waals surface area contributed by atoms with E-state index in [9.17, 15) is 24.0 Å². The first-order valence-electron chi connectivity index (χ1n) is 10.6. The van der Waals surface area contributed by atoms with E-state index in [-0.39, 0.29) is 36.8 Å². The lowest BCUT2D eigenvalue weighted by molar-refractivity contribution is -0.129. The first-order valence-corrected chi connectivity index (χ1v) is 11.4. The lowest BCUT2D eigenvalue weighted by Crippen LogP contribution is -2.37. The van der Waals surface area contributed by atoms with Gasteiger partial charge >= 0.3 is 6.09 Å². The number of halogens is 1. The van der Waals surface area contributed by atoms with Gasteiger partial charge in [-0.25, -0.2) is 9.18 Å². The summed E-state index contributed by atoms with van der Waals surface area (Å²) in [6.07, 6.45) is -1.86. The highest BCUT2D eigenvalue weighted by molar-refractivity contribution is 7.12. The number of thiophene rings is 1. The number of anilines is 2. The van der Waals surface area contributed by atoms with Gasteiger partial charge in [-0.05, 0) is 29.6 Å². The maximum absolute atomic E-state index is 14.7. The van der Waals surface area contributed by atoms with Gasteiger partial charge in [-0.1, -0.05) is 6.07 Å². The van der Waals surface area contributed by atoms with Gasteiger partial charge in [-0.15, -0.1) is 11.3 Å². The van der Waals surface area contributed by atoms with E-state index in [0.29, 0.717) is 42.6 Å². The topological polar surface area (TPSA) is 102 Å². The molecule has 1 atom stereocenters. The van der Waals surface area contributed by atoms with Crippen LogP contribution in [0.5, 0.6) is 0 Å². The van der Waals surface area contributed by atoms with Crippen molar-refractivity contribution in [1.82, 2.24) is 5.06 Å². The molecule has 1 aromatic heterocycles. The van der Waals surface area contributed by atoms with Crippen molar-refractivity contribution in [3.05, 3.63) is 51.6 Å². The molecule has 4 rings (SSSR count). The number of benzene rings is 1. The van der Waals surface area contributed by atoms with Crippen molar-refractivity contribution in [2.45, 2.75) is 18.9 Å². The van der Waals surface area contributed by atoms with Crippen LogP contribution in [-0.2, 0) is 14.3 Å². The van der Waals surface area contributed by atoms with Crippen molar-refractivity contribution in [2.75, 3.05) is 49.2 Å². The Hall–Kier alpha value is -3.02. The number of Topliss-reactive ketones (excluding diaryl/α,β-unsaturated/α-hetero) is 1. The van der Waals surface area contributed by atoms with Crippen LogP contribution in [0.15, 0.2) is 35.7 Å². The first kappa shape index (κ1) is 23.1. The zero-order valence-corrected chi connectivity index (χ0v) is 18.6. The molecule has 2 aliphatic rings. The summed E-state index contributed by atoms with van der Waals surface area (Å²) in [6.45, 7) is 1.85. The number of morpholine rings is 1. The number of cyclic esters (lactones) is 1. The van der Waals surface area contributed by atoms with Gasteiger partial charge in [0.1, 0.15) is 11.9 Å². The molecule has 0 radical (unpaired) electrons. The normalized spacial score (nSPS) is 18.4. The summed E-state index contributed by atoms with van der Waals surface area (Å²) in [5.74, 6) is -1.43. The van der Waals surface area contributed by atoms with Gasteiger partial charge in [0.15, 0.2) is 5.78 Å². The molecule has 9 nitrogen and oxygen atoms in total. The van der Waals surface area contributed by atoms with Crippen molar-refractivity contribution >= 4 is 40.5 Å². The Morgan fingerprint density at radius 2 is 2.00 bits per heavy atom. The van der Waals surface area contributed by atoms with E-state index < -0.39 is 23.9 Å². The molecule has 2 aromatic rings. The molecule has 0 aliphatic carbocycles. The SMILES string of the molecule is O=C(CCC(=O)N([O-])C[C@H]1CN(c2ccc(N3CCOCC3)c(F)c2)C(=O)O1)c1cccs1. The Labute approximate surface area is 193 Å². The summed E-state index contributed by atoms with van der Waals surface area (Å²) in [6, 6.07) is 7.88. The zero-order chi connectivity index (χ0) is 23.4. The summed E-state index contributed by atoms with van der Waals surface area (Å²) in [5, 5.41) is 14.2. The molecule has 2 aliphatic heterocycles. The van der Waals surface area contributed by atoms with Crippen LogP contribution in [0.4, 0.5) is 20.6 Å². The fraction of sp³-hybridized carbons (Fsp3) is 0.409. The van der Waals surface area contributed by atoms with Crippen molar-refractivity contribution in [3.8, 4) is 0 Å². The molecule has 2 fully saturated rings. The number of ether oxygens (including phenoxy) is 2. The van der Waals surface area contributed by atoms with Crippen LogP contribution in [-0.4, -0.2) is 68.3 Å². The molecule has 0 spiro atoms. The van der Waals surface area contributed by atoms with E-state index in [1.165, 1.54) is 22.3 Å². The molecule has 0 bridgehead atoms. The number of ketones is 1. The summed E-state index contributed by atoms with van der Waals surface area (Å²) >= 11 is 1.27. The highest BCUT2D eigenvalue weighted by Crippen LogP contribution is 2.28. The Bertz CT molecular complexity index is 1010. The molecule has 176 valence electrons. The third-order valence-electron chi connectivity index (χ3n) is 5.48. The number of carbonyl (C=O) groups is 3. The van der Waals surface area contributed by atoms with Gasteiger partial charge in [0, 0.05) is 32.5 Å².